The highest BCUT2D eigenvalue weighted by atomic mass is 16.4. The SMILES string of the molecule is Cc1ccc(NCc2ccn(C)n2)c(C(=O)O)c1. The van der Waals surface area contributed by atoms with Gasteiger partial charge >= 0.3 is 5.97 Å². The molecule has 0 saturated heterocycles. The molecule has 0 radical (unpaired) electrons. The molecule has 1 aromatic carbocycles. The van der Waals surface area contributed by atoms with Crippen LogP contribution < -0.4 is 5.32 Å². The fourth-order valence-corrected chi connectivity index (χ4v) is 1.73. The van der Waals surface area contributed by atoms with Gasteiger partial charge in [0.1, 0.15) is 0 Å². The first kappa shape index (κ1) is 12.2. The van der Waals surface area contributed by atoms with Crippen molar-refractivity contribution in [2.24, 2.45) is 7.05 Å². The van der Waals surface area contributed by atoms with Crippen LogP contribution in [0, 0.1) is 6.92 Å². The highest BCUT2D eigenvalue weighted by molar-refractivity contribution is 5.94. The van der Waals surface area contributed by atoms with E-state index in [0.29, 0.717) is 12.2 Å². The molecule has 0 aliphatic heterocycles. The summed E-state index contributed by atoms with van der Waals surface area (Å²) in [4.78, 5) is 11.1. The molecule has 0 fully saturated rings. The Hall–Kier alpha value is -2.30. The summed E-state index contributed by atoms with van der Waals surface area (Å²) in [6.07, 6.45) is 1.85. The van der Waals surface area contributed by atoms with Gasteiger partial charge in [-0.25, -0.2) is 4.79 Å². The van der Waals surface area contributed by atoms with Crippen LogP contribution in [-0.4, -0.2) is 20.9 Å². The summed E-state index contributed by atoms with van der Waals surface area (Å²) >= 11 is 0. The summed E-state index contributed by atoms with van der Waals surface area (Å²) in [6.45, 7) is 2.37. The molecule has 2 N–H and O–H groups in total. The number of hydrogen-bond acceptors (Lipinski definition) is 3. The average molecular weight is 245 g/mol. The first-order valence-corrected chi connectivity index (χ1v) is 5.62. The predicted molar refractivity (Wildman–Crippen MR) is 68.7 cm³/mol. The molecule has 94 valence electrons. The van der Waals surface area contributed by atoms with E-state index in [1.165, 1.54) is 0 Å². The molecule has 0 saturated carbocycles. The molecule has 1 aromatic heterocycles. The minimum absolute atomic E-state index is 0.283. The predicted octanol–water partition coefficient (Wildman–Crippen LogP) is 2.04. The third-order valence-corrected chi connectivity index (χ3v) is 2.63. The summed E-state index contributed by atoms with van der Waals surface area (Å²) in [5, 5.41) is 16.5. The van der Waals surface area contributed by atoms with Crippen LogP contribution in [0.25, 0.3) is 0 Å². The highest BCUT2D eigenvalue weighted by Crippen LogP contribution is 2.18. The van der Waals surface area contributed by atoms with Crippen LogP contribution >= 0.6 is 0 Å². The average Bonchev–Trinajstić information content (AvgIpc) is 2.73. The van der Waals surface area contributed by atoms with E-state index in [0.717, 1.165) is 11.3 Å². The summed E-state index contributed by atoms with van der Waals surface area (Å²) in [6, 6.07) is 7.21. The number of benzene rings is 1. The number of aromatic nitrogens is 2. The second kappa shape index (κ2) is 4.91. The molecule has 0 spiro atoms. The Bertz CT molecular complexity index is 575. The van der Waals surface area contributed by atoms with Gasteiger partial charge in [-0.3, -0.25) is 4.68 Å². The van der Waals surface area contributed by atoms with E-state index in [1.54, 1.807) is 16.8 Å². The molecule has 0 aliphatic rings. The summed E-state index contributed by atoms with van der Waals surface area (Å²) in [7, 11) is 1.85. The Morgan fingerprint density at radius 3 is 2.83 bits per heavy atom. The van der Waals surface area contributed by atoms with Crippen molar-refractivity contribution in [1.82, 2.24) is 9.78 Å². The van der Waals surface area contributed by atoms with E-state index in [4.69, 9.17) is 5.11 Å². The van der Waals surface area contributed by atoms with Crippen LogP contribution in [0.3, 0.4) is 0 Å². The molecule has 18 heavy (non-hydrogen) atoms. The van der Waals surface area contributed by atoms with Crippen LogP contribution in [0.5, 0.6) is 0 Å². The van der Waals surface area contributed by atoms with Gasteiger partial charge in [0.25, 0.3) is 0 Å². The van der Waals surface area contributed by atoms with Crippen molar-refractivity contribution >= 4 is 11.7 Å². The maximum absolute atomic E-state index is 11.1. The molecule has 5 heteroatoms. The van der Waals surface area contributed by atoms with E-state index in [2.05, 4.69) is 10.4 Å². The van der Waals surface area contributed by atoms with Crippen LogP contribution in [0.15, 0.2) is 30.5 Å². The number of carboxylic acids is 1. The lowest BCUT2D eigenvalue weighted by Gasteiger charge is -2.09. The van der Waals surface area contributed by atoms with Crippen LogP contribution in [0.1, 0.15) is 21.6 Å². The number of rotatable bonds is 4. The van der Waals surface area contributed by atoms with Gasteiger partial charge in [-0.15, -0.1) is 0 Å². The van der Waals surface area contributed by atoms with Gasteiger partial charge in [-0.05, 0) is 25.1 Å². The van der Waals surface area contributed by atoms with Crippen molar-refractivity contribution < 1.29 is 9.90 Å². The van der Waals surface area contributed by atoms with Gasteiger partial charge in [-0.2, -0.15) is 5.10 Å². The molecule has 2 aromatic rings. The molecule has 0 atom stereocenters. The van der Waals surface area contributed by atoms with Gasteiger partial charge in [0, 0.05) is 18.9 Å². The number of nitrogens with one attached hydrogen (secondary N) is 1. The molecule has 0 amide bonds. The lowest BCUT2D eigenvalue weighted by molar-refractivity contribution is 0.0698. The molecular weight excluding hydrogens is 230 g/mol. The van der Waals surface area contributed by atoms with Crippen LogP contribution in [0.2, 0.25) is 0 Å². The fourth-order valence-electron chi connectivity index (χ4n) is 1.73. The molecule has 0 unspecified atom stereocenters. The third kappa shape index (κ3) is 2.68. The Morgan fingerprint density at radius 2 is 2.22 bits per heavy atom. The molecule has 0 aliphatic carbocycles. The van der Waals surface area contributed by atoms with Crippen LogP contribution in [0.4, 0.5) is 5.69 Å². The Morgan fingerprint density at radius 1 is 1.44 bits per heavy atom. The second-order valence-corrected chi connectivity index (χ2v) is 4.19. The quantitative estimate of drug-likeness (QED) is 0.865. The topological polar surface area (TPSA) is 67.2 Å². The van der Waals surface area contributed by atoms with E-state index in [9.17, 15) is 4.79 Å². The number of aromatic carboxylic acids is 1. The van der Waals surface area contributed by atoms with E-state index >= 15 is 0 Å². The zero-order valence-corrected chi connectivity index (χ0v) is 10.3. The van der Waals surface area contributed by atoms with Gasteiger partial charge in [0.2, 0.25) is 0 Å². The van der Waals surface area contributed by atoms with Gasteiger partial charge in [-0.1, -0.05) is 11.6 Å². The first-order chi connectivity index (χ1) is 8.56. The molecule has 5 nitrogen and oxygen atoms in total. The van der Waals surface area contributed by atoms with Crippen molar-refractivity contribution in [3.8, 4) is 0 Å². The molecular formula is C13H15N3O2. The maximum Gasteiger partial charge on any atom is 0.337 e. The molecule has 1 heterocycles. The van der Waals surface area contributed by atoms with E-state index in [-0.39, 0.29) is 5.56 Å². The Balaban J connectivity index is 2.16. The van der Waals surface area contributed by atoms with Crippen molar-refractivity contribution in [1.29, 1.82) is 0 Å². The number of carbonyl (C=O) groups is 1. The molecule has 2 rings (SSSR count). The van der Waals surface area contributed by atoms with E-state index in [1.807, 2.05) is 32.3 Å². The number of hydrogen-bond donors (Lipinski definition) is 2. The zero-order valence-electron chi connectivity index (χ0n) is 10.3. The Labute approximate surface area is 105 Å². The number of anilines is 1. The van der Waals surface area contributed by atoms with Crippen molar-refractivity contribution in [3.05, 3.63) is 47.3 Å². The van der Waals surface area contributed by atoms with Crippen molar-refractivity contribution in [2.45, 2.75) is 13.5 Å². The normalized spacial score (nSPS) is 10.3. The van der Waals surface area contributed by atoms with Gasteiger partial charge in [0.15, 0.2) is 0 Å². The number of aryl methyl sites for hydroxylation is 2. The minimum Gasteiger partial charge on any atom is -0.478 e. The summed E-state index contributed by atoms with van der Waals surface area (Å²) in [5.41, 5.74) is 2.69. The van der Waals surface area contributed by atoms with Crippen LogP contribution in [-0.2, 0) is 13.6 Å². The zero-order chi connectivity index (χ0) is 13.1. The van der Waals surface area contributed by atoms with E-state index < -0.39 is 5.97 Å². The van der Waals surface area contributed by atoms with Crippen molar-refractivity contribution in [3.63, 3.8) is 0 Å². The van der Waals surface area contributed by atoms with Gasteiger partial charge in [0.05, 0.1) is 17.8 Å². The monoisotopic (exact) mass is 245 g/mol. The third-order valence-electron chi connectivity index (χ3n) is 2.63. The summed E-state index contributed by atoms with van der Waals surface area (Å²) < 4.78 is 1.71. The lowest BCUT2D eigenvalue weighted by atomic mass is 10.1. The van der Waals surface area contributed by atoms with Crippen molar-refractivity contribution in [2.75, 3.05) is 5.32 Å². The first-order valence-electron chi connectivity index (χ1n) is 5.62. The maximum atomic E-state index is 11.1. The number of carboxylic acid groups (broad SMARTS) is 1. The molecule has 0 bridgehead atoms. The fraction of sp³-hybridized carbons (Fsp3) is 0.231. The minimum atomic E-state index is -0.928. The summed E-state index contributed by atoms with van der Waals surface area (Å²) in [5.74, 6) is -0.928. The van der Waals surface area contributed by atoms with Gasteiger partial charge < -0.3 is 10.4 Å². The standard InChI is InChI=1S/C13H15N3O2/c1-9-3-4-12(11(7-9)13(17)18)14-8-10-5-6-16(2)15-10/h3-7,14H,8H2,1-2H3,(H,17,18). The smallest absolute Gasteiger partial charge is 0.337 e. The second-order valence-electron chi connectivity index (χ2n) is 4.19. The highest BCUT2D eigenvalue weighted by Gasteiger charge is 2.10. The largest absolute Gasteiger partial charge is 0.478 e. The lowest BCUT2D eigenvalue weighted by Crippen LogP contribution is -2.07. The Kier molecular flexibility index (Phi) is 3.32. The number of nitrogens with zero attached hydrogens (tertiary/aromatic N) is 2.